The number of nitrogens with one attached hydrogen (secondary N) is 2. The van der Waals surface area contributed by atoms with E-state index in [9.17, 15) is 14.0 Å². The number of rotatable bonds is 14. The molecule has 0 radical (unpaired) electrons. The smallest absolute Gasteiger partial charge is 0.297 e. The highest BCUT2D eigenvalue weighted by Crippen LogP contribution is 2.56. The molecule has 0 spiro atoms. The highest BCUT2D eigenvalue weighted by atomic mass is 19.1. The van der Waals surface area contributed by atoms with E-state index < -0.39 is 17.5 Å². The summed E-state index contributed by atoms with van der Waals surface area (Å²) in [6.45, 7) is -0.00152. The Balaban J connectivity index is 0.728. The molecule has 2 aliphatic heterocycles. The first-order chi connectivity index (χ1) is 34.7. The van der Waals surface area contributed by atoms with Crippen LogP contribution in [0.15, 0.2) is 86.1 Å². The monoisotopic (exact) mass is 959 g/mol. The molecule has 2 fully saturated rings. The van der Waals surface area contributed by atoms with Crippen LogP contribution in [-0.4, -0.2) is 95.7 Å². The molecule has 8 aromatic heterocycles. The van der Waals surface area contributed by atoms with Crippen molar-refractivity contribution in [2.24, 2.45) is 0 Å². The number of aromatic nitrogens is 13. The second-order valence-electron chi connectivity index (χ2n) is 18.3. The zero-order chi connectivity index (χ0) is 48.1. The van der Waals surface area contributed by atoms with E-state index in [0.29, 0.717) is 36.3 Å². The van der Waals surface area contributed by atoms with Gasteiger partial charge in [0.15, 0.2) is 23.1 Å². The number of pyridine rings is 3. The largest absolute Gasteiger partial charge is 0.494 e. The van der Waals surface area contributed by atoms with Crippen molar-refractivity contribution < 1.29 is 32.6 Å². The Hall–Kier alpha value is -8.56. The Labute approximate surface area is 401 Å². The second kappa shape index (κ2) is 16.6. The van der Waals surface area contributed by atoms with Gasteiger partial charge in [-0.15, -0.1) is 5.10 Å². The maximum atomic E-state index is 15.5. The molecule has 22 heteroatoms. The maximum absolute atomic E-state index is 15.5. The molecule has 4 unspecified atom stereocenters. The fraction of sp³-hybridized carbons (Fsp3) is 0.306. The van der Waals surface area contributed by atoms with Crippen molar-refractivity contribution in [3.63, 3.8) is 0 Å². The quantitative estimate of drug-likeness (QED) is 0.137. The summed E-state index contributed by atoms with van der Waals surface area (Å²) in [6, 6.07) is 10.8. The van der Waals surface area contributed by atoms with E-state index in [1.807, 2.05) is 21.4 Å². The van der Waals surface area contributed by atoms with Crippen LogP contribution in [0.25, 0.3) is 17.0 Å². The number of carbonyl (C=O) groups excluding carboxylic acids is 2. The van der Waals surface area contributed by atoms with E-state index in [-0.39, 0.29) is 71.4 Å². The molecule has 13 rings (SSSR count). The predicted octanol–water partition coefficient (Wildman–Crippen LogP) is 5.57. The Morgan fingerprint density at radius 1 is 0.817 bits per heavy atom. The number of benzene rings is 1. The number of hydrogen-bond donors (Lipinski definition) is 2. The molecule has 71 heavy (non-hydrogen) atoms. The summed E-state index contributed by atoms with van der Waals surface area (Å²) in [7, 11) is 2.75. The van der Waals surface area contributed by atoms with Crippen LogP contribution in [0.2, 0.25) is 0 Å². The molecule has 2 saturated carbocycles. The number of fused-ring (bicyclic) bond motifs is 4. The van der Waals surface area contributed by atoms with Crippen molar-refractivity contribution in [2.45, 2.75) is 75.0 Å². The normalized spacial score (nSPS) is 18.9. The molecule has 0 saturated heterocycles. The summed E-state index contributed by atoms with van der Waals surface area (Å²) >= 11 is 0. The number of tetrazole rings is 1. The maximum Gasteiger partial charge on any atom is 0.297 e. The zero-order valence-corrected chi connectivity index (χ0v) is 38.2. The van der Waals surface area contributed by atoms with E-state index in [0.717, 1.165) is 54.2 Å². The van der Waals surface area contributed by atoms with Crippen molar-refractivity contribution in [1.82, 2.24) is 73.7 Å². The third kappa shape index (κ3) is 7.30. The minimum atomic E-state index is -0.644. The Morgan fingerprint density at radius 3 is 2.46 bits per heavy atom. The third-order valence-corrected chi connectivity index (χ3v) is 14.1. The highest BCUT2D eigenvalue weighted by molar-refractivity contribution is 5.93. The first-order valence-corrected chi connectivity index (χ1v) is 23.3. The second-order valence-corrected chi connectivity index (χ2v) is 18.3. The Kier molecular flexibility index (Phi) is 9.92. The van der Waals surface area contributed by atoms with Gasteiger partial charge in [0, 0.05) is 61.8 Å². The minimum Gasteiger partial charge on any atom is -0.494 e. The number of nitrogens with zero attached hydrogens (tertiary/aromatic N) is 13. The summed E-state index contributed by atoms with van der Waals surface area (Å²) in [5, 5.41) is 16.8. The molecule has 10 heterocycles. The van der Waals surface area contributed by atoms with Gasteiger partial charge >= 0.3 is 0 Å². The molecule has 4 atom stereocenters. The lowest BCUT2D eigenvalue weighted by molar-refractivity contribution is 0.0934. The van der Waals surface area contributed by atoms with Gasteiger partial charge in [-0.2, -0.15) is 4.98 Å². The van der Waals surface area contributed by atoms with Gasteiger partial charge in [0.2, 0.25) is 0 Å². The summed E-state index contributed by atoms with van der Waals surface area (Å²) in [6.07, 6.45) is 19.1. The first-order valence-electron chi connectivity index (χ1n) is 23.3. The van der Waals surface area contributed by atoms with Crippen LogP contribution in [-0.2, 0) is 19.5 Å². The van der Waals surface area contributed by atoms with E-state index in [1.54, 1.807) is 18.5 Å². The predicted molar refractivity (Wildman–Crippen MR) is 246 cm³/mol. The fourth-order valence-corrected chi connectivity index (χ4v) is 10.3. The van der Waals surface area contributed by atoms with Gasteiger partial charge in [0.1, 0.15) is 47.5 Å². The van der Waals surface area contributed by atoms with Gasteiger partial charge in [-0.25, -0.2) is 28.4 Å². The van der Waals surface area contributed by atoms with Gasteiger partial charge in [-0.05, 0) is 88.8 Å². The van der Waals surface area contributed by atoms with Crippen LogP contribution in [0.4, 0.5) is 8.78 Å². The van der Waals surface area contributed by atoms with Crippen LogP contribution >= 0.6 is 0 Å². The van der Waals surface area contributed by atoms with Crippen molar-refractivity contribution in [1.29, 1.82) is 0 Å². The van der Waals surface area contributed by atoms with Crippen LogP contribution in [0.1, 0.15) is 122 Å². The molecule has 4 aliphatic rings. The standard InChI is InChI=1S/C49H43F2N15O5/c1-69-40-8-6-36(65-24-56-60-61-65)31(44(40)50)15-54-47(67)35-22-64-39(23-71-49(64)59-35)34-21-63-19-27(25-3-4-25)13-30(46(63)58-34)29-14-28(29)26-5-9-43-57-33(20-62(43)18-26)37-7-10-42-53-17-38(66(37)42)48(68)55-16-32-45(51)41(70-2)11-12-52-32/h5-6,8-9,11-13,17-22,24-25,28-29,37,39H,3-4,7,10,14-16,23H2,1-2H3,(H,54,67)(H,55,68). The lowest BCUT2D eigenvalue weighted by Gasteiger charge is -2.14. The van der Waals surface area contributed by atoms with Gasteiger partial charge in [0.05, 0.1) is 55.8 Å². The van der Waals surface area contributed by atoms with Gasteiger partial charge in [-0.1, -0.05) is 12.1 Å². The van der Waals surface area contributed by atoms with Gasteiger partial charge in [-0.3, -0.25) is 19.1 Å². The number of amides is 2. The SMILES string of the molecule is COc1ccnc(CNC(=O)c2cnc3n2C(c2cn4cc(C5CC5c5cc(C6CC6)cn6cc(C7COc8nc(C(=O)NCc9c(-n%10cnnn%10)ccc(OC)c9F)cn87)nc56)ccc4n2)CC3)c1F. The highest BCUT2D eigenvalue weighted by Gasteiger charge is 2.43. The number of ether oxygens (including phenoxy) is 3. The van der Waals surface area contributed by atoms with Crippen LogP contribution < -0.4 is 24.8 Å². The number of hydrogen-bond acceptors (Lipinski definition) is 13. The summed E-state index contributed by atoms with van der Waals surface area (Å²) in [5.74, 6) is -0.272. The first kappa shape index (κ1) is 42.5. The molecule has 2 aliphatic carbocycles. The van der Waals surface area contributed by atoms with Gasteiger partial charge < -0.3 is 38.2 Å². The zero-order valence-electron chi connectivity index (χ0n) is 38.2. The summed E-state index contributed by atoms with van der Waals surface area (Å²) in [5.41, 5.74) is 8.04. The van der Waals surface area contributed by atoms with Crippen molar-refractivity contribution in [2.75, 3.05) is 20.8 Å². The molecular weight excluding hydrogens is 917 g/mol. The van der Waals surface area contributed by atoms with Crippen molar-refractivity contribution in [3.05, 3.63) is 154 Å². The van der Waals surface area contributed by atoms with E-state index >= 15 is 4.39 Å². The number of methoxy groups -OCH3 is 2. The van der Waals surface area contributed by atoms with Crippen LogP contribution in [0, 0.1) is 11.6 Å². The molecule has 358 valence electrons. The van der Waals surface area contributed by atoms with E-state index in [1.165, 1.54) is 60.2 Å². The number of aryl methyl sites for hydroxylation is 1. The molecule has 2 N–H and O–H groups in total. The topological polar surface area (TPSA) is 213 Å². The molecule has 20 nitrogen and oxygen atoms in total. The summed E-state index contributed by atoms with van der Waals surface area (Å²) < 4.78 is 55.8. The average molecular weight is 960 g/mol. The fourth-order valence-electron chi connectivity index (χ4n) is 10.3. The van der Waals surface area contributed by atoms with E-state index in [4.69, 9.17) is 24.2 Å². The third-order valence-electron chi connectivity index (χ3n) is 14.1. The molecule has 1 aromatic carbocycles. The molecule has 0 bridgehead atoms. The summed E-state index contributed by atoms with van der Waals surface area (Å²) in [4.78, 5) is 50.4. The number of imidazole rings is 4. The van der Waals surface area contributed by atoms with Crippen LogP contribution in [0.3, 0.4) is 0 Å². The molecule has 9 aromatic rings. The number of carbonyl (C=O) groups is 2. The van der Waals surface area contributed by atoms with Crippen LogP contribution in [0.5, 0.6) is 17.5 Å². The van der Waals surface area contributed by atoms with Crippen molar-refractivity contribution >= 4 is 23.1 Å². The molecular formula is C49H43F2N15O5. The Bertz CT molecular complexity index is 3600. The van der Waals surface area contributed by atoms with Crippen molar-refractivity contribution in [3.8, 4) is 23.2 Å². The number of halogens is 2. The minimum absolute atomic E-state index is 0.0166. The Morgan fingerprint density at radius 2 is 1.63 bits per heavy atom. The lowest BCUT2D eigenvalue weighted by Crippen LogP contribution is -2.27. The van der Waals surface area contributed by atoms with Gasteiger partial charge in [0.25, 0.3) is 17.8 Å². The lowest BCUT2D eigenvalue weighted by atomic mass is 10.0. The molecule has 2 amide bonds. The van der Waals surface area contributed by atoms with E-state index in [2.05, 4.69) is 80.6 Å². The average Bonchev–Trinajstić information content (AvgIpc) is 3.78.